The average molecular weight is 236 g/mol. The first-order valence-electron chi connectivity index (χ1n) is 5.32. The van der Waals surface area contributed by atoms with Crippen molar-refractivity contribution >= 4 is 5.97 Å². The molecule has 4 heteroatoms. The molecular weight excluding hydrogens is 220 g/mol. The Morgan fingerprint density at radius 1 is 1.29 bits per heavy atom. The van der Waals surface area contributed by atoms with Crippen molar-refractivity contribution in [3.63, 3.8) is 0 Å². The highest BCUT2D eigenvalue weighted by Gasteiger charge is 2.06. The van der Waals surface area contributed by atoms with Crippen molar-refractivity contribution in [3.05, 3.63) is 36.1 Å². The van der Waals surface area contributed by atoms with Gasteiger partial charge < -0.3 is 14.2 Å². The molecule has 0 N–H and O–H groups in total. The van der Waals surface area contributed by atoms with Crippen LogP contribution in [-0.2, 0) is 9.53 Å². The lowest BCUT2D eigenvalue weighted by molar-refractivity contribution is -0.138. The smallest absolute Gasteiger partial charge is 0.336 e. The Balaban J connectivity index is 2.71. The molecule has 0 fully saturated rings. The highest BCUT2D eigenvalue weighted by molar-refractivity contribution is 5.87. The summed E-state index contributed by atoms with van der Waals surface area (Å²) >= 11 is 0. The van der Waals surface area contributed by atoms with E-state index in [-0.39, 0.29) is 5.97 Å². The van der Waals surface area contributed by atoms with Crippen LogP contribution in [0, 0.1) is 0 Å². The predicted octanol–water partition coefficient (Wildman–Crippen LogP) is 2.54. The standard InChI is InChI=1S/C13H16O4/c1-4-16-13(14)10(2)9-17-12-8-6-5-7-11(12)15-3/h5-9H,4H2,1-3H3. The zero-order valence-corrected chi connectivity index (χ0v) is 10.2. The summed E-state index contributed by atoms with van der Waals surface area (Å²) in [6.45, 7) is 3.73. The number of rotatable bonds is 5. The van der Waals surface area contributed by atoms with E-state index in [9.17, 15) is 4.79 Å². The van der Waals surface area contributed by atoms with Crippen LogP contribution in [0.15, 0.2) is 36.1 Å². The van der Waals surface area contributed by atoms with Gasteiger partial charge in [-0.1, -0.05) is 12.1 Å². The summed E-state index contributed by atoms with van der Waals surface area (Å²) in [4.78, 5) is 11.3. The minimum Gasteiger partial charge on any atom is -0.493 e. The van der Waals surface area contributed by atoms with E-state index in [0.29, 0.717) is 23.7 Å². The van der Waals surface area contributed by atoms with Gasteiger partial charge in [0.2, 0.25) is 0 Å². The Morgan fingerprint density at radius 3 is 2.53 bits per heavy atom. The molecule has 0 heterocycles. The quantitative estimate of drug-likeness (QED) is 0.447. The topological polar surface area (TPSA) is 44.8 Å². The summed E-state index contributed by atoms with van der Waals surface area (Å²) in [6.07, 6.45) is 1.36. The van der Waals surface area contributed by atoms with Gasteiger partial charge in [0.1, 0.15) is 6.26 Å². The van der Waals surface area contributed by atoms with Gasteiger partial charge in [-0.15, -0.1) is 0 Å². The Kier molecular flexibility index (Phi) is 5.07. The van der Waals surface area contributed by atoms with Crippen LogP contribution >= 0.6 is 0 Å². The lowest BCUT2D eigenvalue weighted by Crippen LogP contribution is -2.06. The summed E-state index contributed by atoms with van der Waals surface area (Å²) in [5, 5.41) is 0. The average Bonchev–Trinajstić information content (AvgIpc) is 2.36. The Morgan fingerprint density at radius 2 is 1.94 bits per heavy atom. The van der Waals surface area contributed by atoms with Crippen LogP contribution < -0.4 is 9.47 Å². The van der Waals surface area contributed by atoms with Crippen molar-refractivity contribution in [1.29, 1.82) is 0 Å². The first-order chi connectivity index (χ1) is 8.19. The van der Waals surface area contributed by atoms with Crippen molar-refractivity contribution in [2.45, 2.75) is 13.8 Å². The fourth-order valence-electron chi connectivity index (χ4n) is 1.16. The van der Waals surface area contributed by atoms with Gasteiger partial charge in [0, 0.05) is 0 Å². The highest BCUT2D eigenvalue weighted by Crippen LogP contribution is 2.26. The molecular formula is C13H16O4. The maximum absolute atomic E-state index is 11.3. The van der Waals surface area contributed by atoms with Crippen LogP contribution in [0.25, 0.3) is 0 Å². The van der Waals surface area contributed by atoms with Crippen LogP contribution in [0.3, 0.4) is 0 Å². The van der Waals surface area contributed by atoms with Crippen molar-refractivity contribution in [3.8, 4) is 11.5 Å². The van der Waals surface area contributed by atoms with Crippen molar-refractivity contribution in [2.24, 2.45) is 0 Å². The molecule has 0 amide bonds. The third-order valence-corrected chi connectivity index (χ3v) is 2.03. The van der Waals surface area contributed by atoms with Crippen LogP contribution in [0.1, 0.15) is 13.8 Å². The van der Waals surface area contributed by atoms with Crippen molar-refractivity contribution in [2.75, 3.05) is 13.7 Å². The Hall–Kier alpha value is -1.97. The molecule has 1 rings (SSSR count). The second-order valence-electron chi connectivity index (χ2n) is 3.29. The van der Waals surface area contributed by atoms with Gasteiger partial charge in [-0.05, 0) is 26.0 Å². The molecule has 0 radical (unpaired) electrons. The minimum absolute atomic E-state index is 0.346. The van der Waals surface area contributed by atoms with Gasteiger partial charge in [0.25, 0.3) is 0 Å². The number of para-hydroxylation sites is 2. The van der Waals surface area contributed by atoms with E-state index in [1.165, 1.54) is 6.26 Å². The van der Waals surface area contributed by atoms with Gasteiger partial charge in [0.15, 0.2) is 11.5 Å². The first kappa shape index (κ1) is 13.1. The third kappa shape index (κ3) is 3.83. The second-order valence-corrected chi connectivity index (χ2v) is 3.29. The molecule has 0 spiro atoms. The molecule has 92 valence electrons. The number of benzene rings is 1. The molecule has 0 atom stereocenters. The minimum atomic E-state index is -0.387. The van der Waals surface area contributed by atoms with Crippen molar-refractivity contribution in [1.82, 2.24) is 0 Å². The van der Waals surface area contributed by atoms with E-state index < -0.39 is 0 Å². The molecule has 0 aliphatic heterocycles. The monoisotopic (exact) mass is 236 g/mol. The molecule has 4 nitrogen and oxygen atoms in total. The molecule has 0 aliphatic rings. The Labute approximate surface area is 101 Å². The molecule has 0 bridgehead atoms. The molecule has 0 saturated heterocycles. The number of ether oxygens (including phenoxy) is 3. The van der Waals surface area contributed by atoms with Gasteiger partial charge in [-0.2, -0.15) is 0 Å². The lowest BCUT2D eigenvalue weighted by Gasteiger charge is -2.07. The zero-order chi connectivity index (χ0) is 12.7. The molecule has 0 saturated carbocycles. The van der Waals surface area contributed by atoms with Crippen LogP contribution in [-0.4, -0.2) is 19.7 Å². The van der Waals surface area contributed by atoms with E-state index in [0.717, 1.165) is 0 Å². The maximum Gasteiger partial charge on any atom is 0.336 e. The summed E-state index contributed by atoms with van der Waals surface area (Å²) in [7, 11) is 1.56. The van der Waals surface area contributed by atoms with Gasteiger partial charge >= 0.3 is 5.97 Å². The number of hydrogen-bond donors (Lipinski definition) is 0. The van der Waals surface area contributed by atoms with E-state index in [1.807, 2.05) is 12.1 Å². The van der Waals surface area contributed by atoms with Crippen LogP contribution in [0.2, 0.25) is 0 Å². The molecule has 0 unspecified atom stereocenters. The van der Waals surface area contributed by atoms with E-state index in [2.05, 4.69) is 0 Å². The van der Waals surface area contributed by atoms with Crippen LogP contribution in [0.4, 0.5) is 0 Å². The fourth-order valence-corrected chi connectivity index (χ4v) is 1.16. The molecule has 1 aromatic rings. The van der Waals surface area contributed by atoms with Crippen molar-refractivity contribution < 1.29 is 19.0 Å². The first-order valence-corrected chi connectivity index (χ1v) is 5.32. The molecule has 0 aromatic heterocycles. The zero-order valence-electron chi connectivity index (χ0n) is 10.2. The largest absolute Gasteiger partial charge is 0.493 e. The summed E-state index contributed by atoms with van der Waals surface area (Å²) in [5.74, 6) is 0.779. The predicted molar refractivity (Wildman–Crippen MR) is 64.0 cm³/mol. The second kappa shape index (κ2) is 6.58. The Bertz CT molecular complexity index is 410. The van der Waals surface area contributed by atoms with E-state index in [1.54, 1.807) is 33.1 Å². The third-order valence-electron chi connectivity index (χ3n) is 2.03. The molecule has 17 heavy (non-hydrogen) atoms. The summed E-state index contributed by atoms with van der Waals surface area (Å²) in [5.41, 5.74) is 0.401. The lowest BCUT2D eigenvalue weighted by atomic mass is 10.3. The van der Waals surface area contributed by atoms with Gasteiger partial charge in [-0.25, -0.2) is 4.79 Å². The number of carbonyl (C=O) groups is 1. The van der Waals surface area contributed by atoms with Gasteiger partial charge in [-0.3, -0.25) is 0 Å². The van der Waals surface area contributed by atoms with E-state index in [4.69, 9.17) is 14.2 Å². The normalized spacial score (nSPS) is 10.9. The number of carbonyl (C=O) groups excluding carboxylic acids is 1. The summed E-state index contributed by atoms with van der Waals surface area (Å²) < 4.78 is 15.3. The molecule has 1 aromatic carbocycles. The number of esters is 1. The number of hydrogen-bond acceptors (Lipinski definition) is 4. The fraction of sp³-hybridized carbons (Fsp3) is 0.308. The summed E-state index contributed by atoms with van der Waals surface area (Å²) in [6, 6.07) is 7.20. The molecule has 0 aliphatic carbocycles. The highest BCUT2D eigenvalue weighted by atomic mass is 16.5. The SMILES string of the molecule is CCOC(=O)C(C)=COc1ccccc1OC. The van der Waals surface area contributed by atoms with Crippen LogP contribution in [0.5, 0.6) is 11.5 Å². The van der Waals surface area contributed by atoms with Gasteiger partial charge in [0.05, 0.1) is 19.3 Å². The van der Waals surface area contributed by atoms with E-state index >= 15 is 0 Å². The maximum atomic E-state index is 11.3. The number of methoxy groups -OCH3 is 1.